The van der Waals surface area contributed by atoms with Gasteiger partial charge in [0, 0.05) is 12.1 Å². The van der Waals surface area contributed by atoms with E-state index in [1.165, 1.54) is 49.8 Å². The van der Waals surface area contributed by atoms with Crippen LogP contribution < -0.4 is 0 Å². The van der Waals surface area contributed by atoms with Gasteiger partial charge in [0.1, 0.15) is 5.82 Å². The molecule has 1 heterocycles. The molecular weight excluding hydrogens is 352 g/mol. The van der Waals surface area contributed by atoms with Crippen LogP contribution in [0.15, 0.2) is 78.9 Å². The van der Waals surface area contributed by atoms with Crippen molar-refractivity contribution in [1.29, 1.82) is 0 Å². The van der Waals surface area contributed by atoms with Gasteiger partial charge in [-0.2, -0.15) is 0 Å². The van der Waals surface area contributed by atoms with Gasteiger partial charge in [-0.15, -0.1) is 0 Å². The van der Waals surface area contributed by atoms with Gasteiger partial charge in [0.05, 0.1) is 11.0 Å². The number of imidazole rings is 1. The van der Waals surface area contributed by atoms with Crippen LogP contribution in [0.2, 0.25) is 0 Å². The summed E-state index contributed by atoms with van der Waals surface area (Å²) in [6.45, 7) is 3.24. The lowest BCUT2D eigenvalue weighted by molar-refractivity contribution is 0.651. The Balaban J connectivity index is 1.72. The van der Waals surface area contributed by atoms with Crippen molar-refractivity contribution in [2.45, 2.75) is 26.3 Å². The lowest BCUT2D eigenvalue weighted by Gasteiger charge is -2.15. The van der Waals surface area contributed by atoms with E-state index in [2.05, 4.69) is 90.4 Å². The van der Waals surface area contributed by atoms with Crippen LogP contribution in [0.5, 0.6) is 0 Å². The average Bonchev–Trinajstić information content (AvgIpc) is 3.14. The molecule has 0 aliphatic carbocycles. The summed E-state index contributed by atoms with van der Waals surface area (Å²) in [5.74, 6) is 1.08. The summed E-state index contributed by atoms with van der Waals surface area (Å²) < 4.78 is 2.41. The fraction of sp³-hybridized carbons (Fsp3) is 0.148. The molecule has 0 aliphatic rings. The number of rotatable bonds is 4. The first kappa shape index (κ1) is 16.6. The number of hydrogen-bond donors (Lipinski definition) is 0. The fourth-order valence-electron chi connectivity index (χ4n) is 4.75. The molecule has 6 aromatic rings. The van der Waals surface area contributed by atoms with Gasteiger partial charge < -0.3 is 4.57 Å². The molecule has 0 N–H and O–H groups in total. The monoisotopic (exact) mass is 374 g/mol. The Morgan fingerprint density at radius 3 is 2.28 bits per heavy atom. The van der Waals surface area contributed by atoms with Crippen molar-refractivity contribution in [3.05, 3.63) is 78.9 Å². The van der Waals surface area contributed by atoms with Crippen LogP contribution in [0.25, 0.3) is 54.7 Å². The van der Waals surface area contributed by atoms with Crippen molar-refractivity contribution >= 4 is 43.4 Å². The van der Waals surface area contributed by atoms with Crippen molar-refractivity contribution in [3.8, 4) is 11.4 Å². The normalized spacial score (nSPS) is 12.0. The van der Waals surface area contributed by atoms with Gasteiger partial charge in [0.15, 0.2) is 0 Å². The van der Waals surface area contributed by atoms with Crippen molar-refractivity contribution in [2.24, 2.45) is 0 Å². The minimum absolute atomic E-state index is 0.994. The first-order valence-corrected chi connectivity index (χ1v) is 10.5. The number of nitrogens with zero attached hydrogens (tertiary/aromatic N) is 2. The average molecular weight is 374 g/mol. The predicted octanol–water partition coefficient (Wildman–Crippen LogP) is 7.40. The first-order chi connectivity index (χ1) is 14.3. The smallest absolute Gasteiger partial charge is 0.141 e. The summed E-state index contributed by atoms with van der Waals surface area (Å²) >= 11 is 0. The van der Waals surface area contributed by atoms with E-state index in [9.17, 15) is 0 Å². The number of unbranched alkanes of at least 4 members (excludes halogenated alkanes) is 1. The Labute approximate surface area is 169 Å². The molecular formula is C27H22N2. The summed E-state index contributed by atoms with van der Waals surface area (Å²) in [6.07, 6.45) is 2.32. The van der Waals surface area contributed by atoms with E-state index in [1.54, 1.807) is 0 Å². The molecule has 0 fully saturated rings. The van der Waals surface area contributed by atoms with E-state index >= 15 is 0 Å². The zero-order valence-corrected chi connectivity index (χ0v) is 16.5. The summed E-state index contributed by atoms with van der Waals surface area (Å²) in [6, 6.07) is 28.6. The summed E-state index contributed by atoms with van der Waals surface area (Å²) in [4.78, 5) is 5.08. The third-order valence-electron chi connectivity index (χ3n) is 6.16. The predicted molar refractivity (Wildman–Crippen MR) is 124 cm³/mol. The van der Waals surface area contributed by atoms with Gasteiger partial charge >= 0.3 is 0 Å². The molecule has 6 rings (SSSR count). The van der Waals surface area contributed by atoms with E-state index in [-0.39, 0.29) is 0 Å². The molecule has 0 saturated heterocycles. The lowest BCUT2D eigenvalue weighted by atomic mass is 9.92. The summed E-state index contributed by atoms with van der Waals surface area (Å²) in [5.41, 5.74) is 3.52. The number of aromatic nitrogens is 2. The maximum atomic E-state index is 5.08. The third kappa shape index (κ3) is 2.39. The van der Waals surface area contributed by atoms with Gasteiger partial charge in [-0.3, -0.25) is 0 Å². The Morgan fingerprint density at radius 1 is 0.724 bits per heavy atom. The second-order valence-corrected chi connectivity index (χ2v) is 7.90. The molecule has 2 nitrogen and oxygen atoms in total. The minimum Gasteiger partial charge on any atom is -0.324 e. The quantitative estimate of drug-likeness (QED) is 0.294. The molecule has 0 unspecified atom stereocenters. The zero-order valence-electron chi connectivity index (χ0n) is 16.5. The van der Waals surface area contributed by atoms with Gasteiger partial charge in [-0.05, 0) is 50.9 Å². The van der Waals surface area contributed by atoms with Gasteiger partial charge in [0.25, 0.3) is 0 Å². The van der Waals surface area contributed by atoms with Crippen LogP contribution in [-0.2, 0) is 6.54 Å². The number of hydrogen-bond acceptors (Lipinski definition) is 1. The minimum atomic E-state index is 0.994. The molecule has 140 valence electrons. The van der Waals surface area contributed by atoms with Crippen molar-refractivity contribution in [3.63, 3.8) is 0 Å². The molecule has 0 spiro atoms. The second kappa shape index (κ2) is 6.31. The van der Waals surface area contributed by atoms with Gasteiger partial charge in [0.2, 0.25) is 0 Å². The van der Waals surface area contributed by atoms with Gasteiger partial charge in [-0.1, -0.05) is 80.1 Å². The van der Waals surface area contributed by atoms with Gasteiger partial charge in [-0.25, -0.2) is 4.98 Å². The fourth-order valence-corrected chi connectivity index (χ4v) is 4.75. The van der Waals surface area contributed by atoms with Crippen LogP contribution in [0.4, 0.5) is 0 Å². The largest absolute Gasteiger partial charge is 0.324 e. The first-order valence-electron chi connectivity index (χ1n) is 10.5. The van der Waals surface area contributed by atoms with E-state index in [0.717, 1.165) is 24.3 Å². The van der Waals surface area contributed by atoms with Crippen LogP contribution >= 0.6 is 0 Å². The molecule has 0 bridgehead atoms. The van der Waals surface area contributed by atoms with Crippen LogP contribution in [0.3, 0.4) is 0 Å². The number of aryl methyl sites for hydroxylation is 1. The molecule has 0 atom stereocenters. The number of para-hydroxylation sites is 2. The topological polar surface area (TPSA) is 17.8 Å². The highest BCUT2D eigenvalue weighted by Crippen LogP contribution is 2.39. The molecule has 29 heavy (non-hydrogen) atoms. The van der Waals surface area contributed by atoms with Crippen molar-refractivity contribution < 1.29 is 0 Å². The lowest BCUT2D eigenvalue weighted by Crippen LogP contribution is -2.01. The molecule has 0 radical (unpaired) electrons. The van der Waals surface area contributed by atoms with Crippen LogP contribution in [-0.4, -0.2) is 9.55 Å². The molecule has 0 amide bonds. The third-order valence-corrected chi connectivity index (χ3v) is 6.16. The Kier molecular flexibility index (Phi) is 3.60. The maximum Gasteiger partial charge on any atom is 0.141 e. The van der Waals surface area contributed by atoms with E-state index in [4.69, 9.17) is 4.98 Å². The Bertz CT molecular complexity index is 1470. The summed E-state index contributed by atoms with van der Waals surface area (Å²) in [7, 11) is 0. The molecule has 0 aliphatic heterocycles. The number of fused-ring (bicyclic) bond motifs is 1. The Morgan fingerprint density at radius 2 is 1.45 bits per heavy atom. The molecule has 0 saturated carbocycles. The molecule has 2 heteroatoms. The van der Waals surface area contributed by atoms with Crippen LogP contribution in [0, 0.1) is 0 Å². The van der Waals surface area contributed by atoms with E-state index in [1.807, 2.05) is 0 Å². The SMILES string of the molecule is CCCCn1c(-c2ccc3ccc4cccc5ccc2c3c45)nc2ccccc21. The van der Waals surface area contributed by atoms with Crippen molar-refractivity contribution in [1.82, 2.24) is 9.55 Å². The van der Waals surface area contributed by atoms with Crippen molar-refractivity contribution in [2.75, 3.05) is 0 Å². The van der Waals surface area contributed by atoms with E-state index < -0.39 is 0 Å². The summed E-state index contributed by atoms with van der Waals surface area (Å²) in [5, 5.41) is 7.91. The highest BCUT2D eigenvalue weighted by molar-refractivity contribution is 6.25. The maximum absolute atomic E-state index is 5.08. The highest BCUT2D eigenvalue weighted by Gasteiger charge is 2.17. The highest BCUT2D eigenvalue weighted by atomic mass is 15.1. The molecule has 1 aromatic heterocycles. The zero-order chi connectivity index (χ0) is 19.4. The van der Waals surface area contributed by atoms with Crippen LogP contribution in [0.1, 0.15) is 19.8 Å². The standard InChI is InChI=1S/C27H22N2/c1-2-3-17-29-24-10-5-4-9-23(24)28-27(29)22-16-14-20-12-11-18-7-6-8-19-13-15-21(22)26(20)25(18)19/h4-16H,2-3,17H2,1H3. The second-order valence-electron chi connectivity index (χ2n) is 7.90. The number of benzene rings is 5. The Hall–Kier alpha value is -3.39. The molecule has 5 aromatic carbocycles. The van der Waals surface area contributed by atoms with E-state index in [0.29, 0.717) is 0 Å².